The molecule has 3 aromatic rings. The van der Waals surface area contributed by atoms with Crippen molar-refractivity contribution in [1.82, 2.24) is 15.0 Å². The van der Waals surface area contributed by atoms with Crippen LogP contribution in [-0.2, 0) is 0 Å². The van der Waals surface area contributed by atoms with Gasteiger partial charge in [-0.05, 0) is 24.3 Å². The largest absolute Gasteiger partial charge is 0.497 e. The lowest BCUT2D eigenvalue weighted by Crippen LogP contribution is -2.00. The highest BCUT2D eigenvalue weighted by atomic mass is 35.5. The minimum absolute atomic E-state index is 0.241. The Balaban J connectivity index is 2.21. The van der Waals surface area contributed by atoms with Gasteiger partial charge in [-0.15, -0.1) is 5.10 Å². The second kappa shape index (κ2) is 5.88. The smallest absolute Gasteiger partial charge is 0.191 e. The molecule has 22 heavy (non-hydrogen) atoms. The maximum atomic E-state index is 9.29. The fraction of sp³-hybridized carbons (Fsp3) is 0.0625. The number of ether oxygens (including phenoxy) is 1. The van der Waals surface area contributed by atoms with Crippen molar-refractivity contribution in [3.63, 3.8) is 0 Å². The molecule has 0 saturated carbocycles. The average Bonchev–Trinajstić information content (AvgIpc) is 2.99. The highest BCUT2D eigenvalue weighted by molar-refractivity contribution is 6.30. The van der Waals surface area contributed by atoms with E-state index in [1.807, 2.05) is 36.4 Å². The molecule has 0 aliphatic heterocycles. The third kappa shape index (κ3) is 2.52. The number of nitrogens with zero attached hydrogens (tertiary/aromatic N) is 4. The highest BCUT2D eigenvalue weighted by Gasteiger charge is 2.16. The van der Waals surface area contributed by atoms with Crippen LogP contribution < -0.4 is 4.74 Å². The zero-order valence-electron chi connectivity index (χ0n) is 11.7. The number of rotatable bonds is 3. The van der Waals surface area contributed by atoms with Crippen molar-refractivity contribution in [2.75, 3.05) is 7.11 Å². The van der Waals surface area contributed by atoms with Crippen LogP contribution in [0.5, 0.6) is 5.75 Å². The molecule has 5 nitrogen and oxygen atoms in total. The lowest BCUT2D eigenvalue weighted by atomic mass is 10.1. The molecule has 0 saturated heterocycles. The molecule has 3 rings (SSSR count). The van der Waals surface area contributed by atoms with E-state index in [1.165, 1.54) is 0 Å². The molecule has 0 bridgehead atoms. The Bertz CT molecular complexity index is 867. The highest BCUT2D eigenvalue weighted by Crippen LogP contribution is 2.28. The van der Waals surface area contributed by atoms with Gasteiger partial charge in [0.1, 0.15) is 17.5 Å². The second-order valence-corrected chi connectivity index (χ2v) is 4.96. The molecular formula is C16H11ClN4O. The van der Waals surface area contributed by atoms with Crippen LogP contribution in [0.1, 0.15) is 5.69 Å². The number of nitriles is 1. The second-order valence-electron chi connectivity index (χ2n) is 4.52. The van der Waals surface area contributed by atoms with Crippen molar-refractivity contribution in [2.24, 2.45) is 0 Å². The van der Waals surface area contributed by atoms with E-state index in [-0.39, 0.29) is 5.69 Å². The summed E-state index contributed by atoms with van der Waals surface area (Å²) in [6, 6.07) is 16.7. The first kappa shape index (κ1) is 14.1. The summed E-state index contributed by atoms with van der Waals surface area (Å²) in [6.07, 6.45) is 0. The number of hydrogen-bond donors (Lipinski definition) is 0. The topological polar surface area (TPSA) is 63.7 Å². The van der Waals surface area contributed by atoms with E-state index in [4.69, 9.17) is 16.3 Å². The van der Waals surface area contributed by atoms with E-state index in [0.717, 1.165) is 11.3 Å². The summed E-state index contributed by atoms with van der Waals surface area (Å²) >= 11 is 6.05. The Kier molecular flexibility index (Phi) is 3.77. The summed E-state index contributed by atoms with van der Waals surface area (Å²) in [5.74, 6) is 0.698. The molecule has 2 aromatic carbocycles. The van der Waals surface area contributed by atoms with Crippen molar-refractivity contribution in [2.45, 2.75) is 0 Å². The van der Waals surface area contributed by atoms with Gasteiger partial charge in [0.15, 0.2) is 5.69 Å². The van der Waals surface area contributed by atoms with Gasteiger partial charge in [-0.1, -0.05) is 35.0 Å². The number of aromatic nitrogens is 3. The molecule has 0 unspecified atom stereocenters. The van der Waals surface area contributed by atoms with Gasteiger partial charge < -0.3 is 4.74 Å². The molecule has 1 heterocycles. The molecule has 0 amide bonds. The first-order chi connectivity index (χ1) is 10.7. The van der Waals surface area contributed by atoms with E-state index in [1.54, 1.807) is 23.9 Å². The van der Waals surface area contributed by atoms with Gasteiger partial charge in [-0.25, -0.2) is 4.68 Å². The molecule has 0 radical (unpaired) electrons. The molecule has 1 aromatic heterocycles. The Morgan fingerprint density at radius 2 is 2.00 bits per heavy atom. The summed E-state index contributed by atoms with van der Waals surface area (Å²) in [5.41, 5.74) is 2.36. The van der Waals surface area contributed by atoms with Gasteiger partial charge >= 0.3 is 0 Å². The zero-order chi connectivity index (χ0) is 15.5. The van der Waals surface area contributed by atoms with Crippen LogP contribution in [-0.4, -0.2) is 22.1 Å². The summed E-state index contributed by atoms with van der Waals surface area (Å²) in [4.78, 5) is 0. The predicted molar refractivity (Wildman–Crippen MR) is 83.1 cm³/mol. The summed E-state index contributed by atoms with van der Waals surface area (Å²) in [6.45, 7) is 0. The van der Waals surface area contributed by atoms with Crippen LogP contribution in [0.4, 0.5) is 0 Å². The molecule has 0 N–H and O–H groups in total. The molecular weight excluding hydrogens is 300 g/mol. The molecule has 108 valence electrons. The van der Waals surface area contributed by atoms with Crippen LogP contribution in [0.2, 0.25) is 5.02 Å². The standard InChI is InChI=1S/C16H11ClN4O/c1-22-14-7-3-6-13(9-14)21-16(15(10-18)19-20-21)11-4-2-5-12(17)8-11/h2-9H,1H3. The van der Waals surface area contributed by atoms with Gasteiger partial charge in [0.05, 0.1) is 12.8 Å². The minimum Gasteiger partial charge on any atom is -0.497 e. The van der Waals surface area contributed by atoms with E-state index in [9.17, 15) is 5.26 Å². The van der Waals surface area contributed by atoms with E-state index in [2.05, 4.69) is 16.4 Å². The third-order valence-electron chi connectivity index (χ3n) is 3.17. The van der Waals surface area contributed by atoms with Crippen molar-refractivity contribution >= 4 is 11.6 Å². The molecule has 0 aliphatic rings. The van der Waals surface area contributed by atoms with E-state index >= 15 is 0 Å². The van der Waals surface area contributed by atoms with Gasteiger partial charge in [-0.3, -0.25) is 0 Å². The number of hydrogen-bond acceptors (Lipinski definition) is 4. The van der Waals surface area contributed by atoms with Crippen molar-refractivity contribution in [1.29, 1.82) is 5.26 Å². The first-order valence-corrected chi connectivity index (χ1v) is 6.87. The quantitative estimate of drug-likeness (QED) is 0.743. The Labute approximate surface area is 132 Å². The lowest BCUT2D eigenvalue weighted by molar-refractivity contribution is 0.414. The minimum atomic E-state index is 0.241. The monoisotopic (exact) mass is 310 g/mol. The van der Waals surface area contributed by atoms with Crippen molar-refractivity contribution in [3.8, 4) is 28.8 Å². The fourth-order valence-electron chi connectivity index (χ4n) is 2.17. The summed E-state index contributed by atoms with van der Waals surface area (Å²) in [5, 5.41) is 17.9. The van der Waals surface area contributed by atoms with Crippen molar-refractivity contribution < 1.29 is 4.74 Å². The van der Waals surface area contributed by atoms with E-state index < -0.39 is 0 Å². The molecule has 0 spiro atoms. The molecule has 0 atom stereocenters. The molecule has 0 aliphatic carbocycles. The van der Waals surface area contributed by atoms with Crippen LogP contribution in [0.3, 0.4) is 0 Å². The average molecular weight is 311 g/mol. The van der Waals surface area contributed by atoms with Gasteiger partial charge in [0, 0.05) is 16.7 Å². The van der Waals surface area contributed by atoms with Crippen molar-refractivity contribution in [3.05, 3.63) is 59.2 Å². The SMILES string of the molecule is COc1cccc(-n2nnc(C#N)c2-c2cccc(Cl)c2)c1. The van der Waals surface area contributed by atoms with Gasteiger partial charge in [0.25, 0.3) is 0 Å². The maximum absolute atomic E-state index is 9.29. The van der Waals surface area contributed by atoms with E-state index in [0.29, 0.717) is 16.5 Å². The normalized spacial score (nSPS) is 10.2. The molecule has 0 fully saturated rings. The van der Waals surface area contributed by atoms with Crippen LogP contribution in [0.15, 0.2) is 48.5 Å². The first-order valence-electron chi connectivity index (χ1n) is 6.49. The third-order valence-corrected chi connectivity index (χ3v) is 3.41. The fourth-order valence-corrected chi connectivity index (χ4v) is 2.37. The zero-order valence-corrected chi connectivity index (χ0v) is 12.4. The lowest BCUT2D eigenvalue weighted by Gasteiger charge is -2.08. The van der Waals surface area contributed by atoms with Gasteiger partial charge in [-0.2, -0.15) is 5.26 Å². The Hall–Kier alpha value is -2.84. The number of methoxy groups -OCH3 is 1. The number of benzene rings is 2. The molecule has 6 heteroatoms. The summed E-state index contributed by atoms with van der Waals surface area (Å²) < 4.78 is 6.83. The van der Waals surface area contributed by atoms with Gasteiger partial charge in [0.2, 0.25) is 0 Å². The van der Waals surface area contributed by atoms with Crippen LogP contribution in [0.25, 0.3) is 16.9 Å². The Morgan fingerprint density at radius 3 is 2.73 bits per heavy atom. The van der Waals surface area contributed by atoms with Crippen LogP contribution >= 0.6 is 11.6 Å². The Morgan fingerprint density at radius 1 is 1.18 bits per heavy atom. The maximum Gasteiger partial charge on any atom is 0.191 e. The summed E-state index contributed by atoms with van der Waals surface area (Å²) in [7, 11) is 1.60. The van der Waals surface area contributed by atoms with Crippen LogP contribution in [0, 0.1) is 11.3 Å². The number of halogens is 1. The predicted octanol–water partition coefficient (Wildman–Crippen LogP) is 3.47.